The molecule has 14 heavy (non-hydrogen) atoms. The summed E-state index contributed by atoms with van der Waals surface area (Å²) >= 11 is 4.70. The van der Waals surface area contributed by atoms with E-state index in [9.17, 15) is 0 Å². The van der Waals surface area contributed by atoms with Crippen LogP contribution in [-0.4, -0.2) is 10.8 Å². The Morgan fingerprint density at radius 3 is 2.64 bits per heavy atom. The fourth-order valence-corrected chi connectivity index (χ4v) is 3.40. The van der Waals surface area contributed by atoms with Crippen LogP contribution < -0.4 is 5.73 Å². The van der Waals surface area contributed by atoms with Crippen LogP contribution in [0.5, 0.6) is 0 Å². The van der Waals surface area contributed by atoms with Crippen molar-refractivity contribution in [2.45, 2.75) is 69.6 Å². The third-order valence-corrected chi connectivity index (χ3v) is 4.59. The lowest BCUT2D eigenvalue weighted by Gasteiger charge is -2.44. The summed E-state index contributed by atoms with van der Waals surface area (Å²) in [4.78, 5) is 0. The maximum atomic E-state index is 6.57. The quantitative estimate of drug-likeness (QED) is 0.691. The van der Waals surface area contributed by atoms with Crippen LogP contribution in [0.15, 0.2) is 0 Å². The molecule has 0 aromatic rings. The van der Waals surface area contributed by atoms with Crippen LogP contribution in [-0.2, 0) is 0 Å². The largest absolute Gasteiger partial charge is 0.324 e. The van der Waals surface area contributed by atoms with Gasteiger partial charge in [0.1, 0.15) is 0 Å². The van der Waals surface area contributed by atoms with E-state index >= 15 is 0 Å². The van der Waals surface area contributed by atoms with Crippen molar-refractivity contribution in [1.29, 1.82) is 0 Å². The molecule has 0 radical (unpaired) electrons. The van der Waals surface area contributed by atoms with E-state index < -0.39 is 0 Å². The van der Waals surface area contributed by atoms with E-state index in [-0.39, 0.29) is 5.54 Å². The van der Waals surface area contributed by atoms with Gasteiger partial charge >= 0.3 is 0 Å². The molecule has 1 fully saturated rings. The first-order valence-electron chi connectivity index (χ1n) is 6.12. The third-order valence-electron chi connectivity index (χ3n) is 3.85. The molecule has 0 heterocycles. The van der Waals surface area contributed by atoms with Gasteiger partial charge in [-0.1, -0.05) is 39.5 Å². The molecule has 1 rings (SSSR count). The lowest BCUT2D eigenvalue weighted by Crippen LogP contribution is -2.55. The van der Waals surface area contributed by atoms with Gasteiger partial charge in [0, 0.05) is 10.8 Å². The van der Waals surface area contributed by atoms with Crippen LogP contribution in [0.1, 0.15) is 58.8 Å². The van der Waals surface area contributed by atoms with E-state index in [1.54, 1.807) is 0 Å². The Morgan fingerprint density at radius 2 is 2.14 bits per heavy atom. The van der Waals surface area contributed by atoms with Gasteiger partial charge in [-0.2, -0.15) is 12.6 Å². The van der Waals surface area contributed by atoms with Crippen molar-refractivity contribution in [3.63, 3.8) is 0 Å². The SMILES string of the molecule is CCCC(CC)C1(N)CCCCC1S. The number of thiol groups is 1. The van der Waals surface area contributed by atoms with E-state index in [0.717, 1.165) is 0 Å². The maximum Gasteiger partial charge on any atom is 0.0300 e. The first-order chi connectivity index (χ1) is 6.65. The van der Waals surface area contributed by atoms with E-state index in [1.807, 2.05) is 0 Å². The Kier molecular flexibility index (Phi) is 4.78. The van der Waals surface area contributed by atoms with Gasteiger partial charge in [-0.05, 0) is 25.2 Å². The molecule has 0 aliphatic heterocycles. The average Bonchev–Trinajstić information content (AvgIpc) is 2.19. The minimum Gasteiger partial charge on any atom is -0.324 e. The van der Waals surface area contributed by atoms with Crippen LogP contribution >= 0.6 is 12.6 Å². The summed E-state index contributed by atoms with van der Waals surface area (Å²) in [7, 11) is 0. The van der Waals surface area contributed by atoms with Crippen LogP contribution in [0.25, 0.3) is 0 Å². The zero-order valence-corrected chi connectivity index (χ0v) is 10.5. The van der Waals surface area contributed by atoms with Gasteiger partial charge in [0.2, 0.25) is 0 Å². The van der Waals surface area contributed by atoms with E-state index in [1.165, 1.54) is 44.9 Å². The molecular formula is C12H25NS. The molecule has 0 saturated heterocycles. The fourth-order valence-electron chi connectivity index (χ4n) is 2.88. The first-order valence-corrected chi connectivity index (χ1v) is 6.63. The van der Waals surface area contributed by atoms with Gasteiger partial charge in [-0.3, -0.25) is 0 Å². The molecule has 1 aliphatic carbocycles. The van der Waals surface area contributed by atoms with Crippen molar-refractivity contribution < 1.29 is 0 Å². The second kappa shape index (κ2) is 5.41. The second-order valence-electron chi connectivity index (χ2n) is 4.77. The lowest BCUT2D eigenvalue weighted by molar-refractivity contribution is 0.189. The van der Waals surface area contributed by atoms with Gasteiger partial charge in [-0.15, -0.1) is 0 Å². The number of hydrogen-bond donors (Lipinski definition) is 2. The first kappa shape index (κ1) is 12.4. The molecule has 0 bridgehead atoms. The van der Waals surface area contributed by atoms with Crippen molar-refractivity contribution in [1.82, 2.24) is 0 Å². The predicted octanol–water partition coefficient (Wildman–Crippen LogP) is 3.38. The highest BCUT2D eigenvalue weighted by molar-refractivity contribution is 7.81. The Balaban J connectivity index is 2.67. The lowest BCUT2D eigenvalue weighted by atomic mass is 9.70. The normalized spacial score (nSPS) is 35.6. The molecular weight excluding hydrogens is 190 g/mol. The molecule has 1 nitrogen and oxygen atoms in total. The highest BCUT2D eigenvalue weighted by atomic mass is 32.1. The molecule has 1 aliphatic rings. The Hall–Kier alpha value is 0.310. The van der Waals surface area contributed by atoms with Gasteiger partial charge in [0.05, 0.1) is 0 Å². The second-order valence-corrected chi connectivity index (χ2v) is 5.39. The van der Waals surface area contributed by atoms with Crippen molar-refractivity contribution in [2.75, 3.05) is 0 Å². The van der Waals surface area contributed by atoms with Crippen molar-refractivity contribution in [2.24, 2.45) is 11.7 Å². The van der Waals surface area contributed by atoms with Crippen LogP contribution in [0, 0.1) is 5.92 Å². The summed E-state index contributed by atoms with van der Waals surface area (Å²) in [5, 5.41) is 0.424. The summed E-state index contributed by atoms with van der Waals surface area (Å²) in [6.45, 7) is 4.52. The van der Waals surface area contributed by atoms with Gasteiger partial charge in [0.25, 0.3) is 0 Å². The minimum absolute atomic E-state index is 0.0200. The summed E-state index contributed by atoms with van der Waals surface area (Å²) in [6, 6.07) is 0. The highest BCUT2D eigenvalue weighted by Gasteiger charge is 2.40. The average molecular weight is 215 g/mol. The number of nitrogens with two attached hydrogens (primary N) is 1. The third kappa shape index (κ3) is 2.46. The van der Waals surface area contributed by atoms with Gasteiger partial charge < -0.3 is 5.73 Å². The van der Waals surface area contributed by atoms with Crippen LogP contribution in [0.2, 0.25) is 0 Å². The summed E-state index contributed by atoms with van der Waals surface area (Å²) in [6.07, 6.45) is 8.73. The van der Waals surface area contributed by atoms with E-state index in [0.29, 0.717) is 11.2 Å². The van der Waals surface area contributed by atoms with Crippen molar-refractivity contribution in [3.05, 3.63) is 0 Å². The standard InChI is InChI=1S/C12H25NS/c1-3-7-10(4-2)12(13)9-6-5-8-11(12)14/h10-11,14H,3-9,13H2,1-2H3. The molecule has 3 atom stereocenters. The van der Waals surface area contributed by atoms with Crippen LogP contribution in [0.4, 0.5) is 0 Å². The molecule has 0 aromatic heterocycles. The molecule has 0 amide bonds. The molecule has 2 N–H and O–H groups in total. The molecule has 2 heteroatoms. The molecule has 3 unspecified atom stereocenters. The number of hydrogen-bond acceptors (Lipinski definition) is 2. The molecule has 0 aromatic carbocycles. The topological polar surface area (TPSA) is 26.0 Å². The number of rotatable bonds is 4. The molecule has 0 spiro atoms. The summed E-state index contributed by atoms with van der Waals surface area (Å²) in [5.74, 6) is 0.676. The summed E-state index contributed by atoms with van der Waals surface area (Å²) in [5.41, 5.74) is 6.59. The van der Waals surface area contributed by atoms with Gasteiger partial charge in [-0.25, -0.2) is 0 Å². The fraction of sp³-hybridized carbons (Fsp3) is 1.00. The Bertz CT molecular complexity index is 172. The highest BCUT2D eigenvalue weighted by Crippen LogP contribution is 2.39. The van der Waals surface area contributed by atoms with Crippen molar-refractivity contribution >= 4 is 12.6 Å². The Labute approximate surface area is 94.2 Å². The summed E-state index contributed by atoms with van der Waals surface area (Å²) < 4.78 is 0. The zero-order valence-electron chi connectivity index (χ0n) is 9.63. The van der Waals surface area contributed by atoms with Crippen molar-refractivity contribution in [3.8, 4) is 0 Å². The van der Waals surface area contributed by atoms with E-state index in [4.69, 9.17) is 18.4 Å². The molecule has 1 saturated carbocycles. The maximum absolute atomic E-state index is 6.57. The molecule has 84 valence electrons. The smallest absolute Gasteiger partial charge is 0.0300 e. The zero-order chi connectivity index (χ0) is 10.6. The van der Waals surface area contributed by atoms with E-state index in [2.05, 4.69) is 13.8 Å². The monoisotopic (exact) mass is 215 g/mol. The van der Waals surface area contributed by atoms with Gasteiger partial charge in [0.15, 0.2) is 0 Å². The predicted molar refractivity (Wildman–Crippen MR) is 66.8 cm³/mol. The minimum atomic E-state index is 0.0200. The Morgan fingerprint density at radius 1 is 1.43 bits per heavy atom. The van der Waals surface area contributed by atoms with Crippen LogP contribution in [0.3, 0.4) is 0 Å².